The summed E-state index contributed by atoms with van der Waals surface area (Å²) in [4.78, 5) is 4.20. The first-order valence-electron chi connectivity index (χ1n) is 6.29. The summed E-state index contributed by atoms with van der Waals surface area (Å²) in [7, 11) is -1.78. The minimum atomic E-state index is -3.63. The highest BCUT2D eigenvalue weighted by atomic mass is 35.5. The molecule has 114 valence electrons. The van der Waals surface area contributed by atoms with Crippen LogP contribution in [0.25, 0.3) is 0 Å². The first-order valence-corrected chi connectivity index (χ1v) is 8.15. The fourth-order valence-corrected chi connectivity index (χ4v) is 3.20. The topological polar surface area (TPSA) is 84.2 Å². The number of nitrogens with zero attached hydrogens (tertiary/aromatic N) is 2. The Labute approximate surface area is 128 Å². The smallest absolute Gasteiger partial charge is 0.240 e. The SMILES string of the molecule is Cn1ccnc1CCNS(=O)(=O)c1ccc(CO)c(Cl)c1. The molecule has 0 aliphatic carbocycles. The molecule has 0 aliphatic rings. The molecule has 0 bridgehead atoms. The van der Waals surface area contributed by atoms with Crippen molar-refractivity contribution in [2.45, 2.75) is 17.9 Å². The van der Waals surface area contributed by atoms with Crippen LogP contribution in [0.1, 0.15) is 11.4 Å². The molecule has 8 heteroatoms. The van der Waals surface area contributed by atoms with Crippen LogP contribution in [0.5, 0.6) is 0 Å². The Kier molecular flexibility index (Phi) is 5.00. The third-order valence-corrected chi connectivity index (χ3v) is 4.88. The second-order valence-corrected chi connectivity index (χ2v) is 6.69. The highest BCUT2D eigenvalue weighted by Crippen LogP contribution is 2.20. The fraction of sp³-hybridized carbons (Fsp3) is 0.308. The average Bonchev–Trinajstić information content (AvgIpc) is 2.84. The second kappa shape index (κ2) is 6.57. The van der Waals surface area contributed by atoms with Crippen molar-refractivity contribution in [1.82, 2.24) is 14.3 Å². The van der Waals surface area contributed by atoms with Crippen molar-refractivity contribution >= 4 is 21.6 Å². The lowest BCUT2D eigenvalue weighted by Crippen LogP contribution is -2.26. The highest BCUT2D eigenvalue weighted by molar-refractivity contribution is 7.89. The van der Waals surface area contributed by atoms with Gasteiger partial charge >= 0.3 is 0 Å². The minimum Gasteiger partial charge on any atom is -0.392 e. The van der Waals surface area contributed by atoms with Crippen LogP contribution in [0.2, 0.25) is 5.02 Å². The Morgan fingerprint density at radius 2 is 2.19 bits per heavy atom. The molecule has 0 radical (unpaired) electrons. The van der Waals surface area contributed by atoms with Crippen LogP contribution in [0.4, 0.5) is 0 Å². The number of aromatic nitrogens is 2. The minimum absolute atomic E-state index is 0.0736. The molecule has 0 saturated heterocycles. The predicted molar refractivity (Wildman–Crippen MR) is 79.5 cm³/mol. The van der Waals surface area contributed by atoms with E-state index in [1.165, 1.54) is 18.2 Å². The summed E-state index contributed by atoms with van der Waals surface area (Å²) in [6, 6.07) is 4.24. The van der Waals surface area contributed by atoms with E-state index in [0.29, 0.717) is 12.0 Å². The van der Waals surface area contributed by atoms with Gasteiger partial charge in [0.1, 0.15) is 5.82 Å². The summed E-state index contributed by atoms with van der Waals surface area (Å²) in [5, 5.41) is 9.25. The van der Waals surface area contributed by atoms with Gasteiger partial charge in [0.25, 0.3) is 0 Å². The number of halogens is 1. The van der Waals surface area contributed by atoms with Crippen molar-refractivity contribution < 1.29 is 13.5 Å². The van der Waals surface area contributed by atoms with Crippen LogP contribution in [0.3, 0.4) is 0 Å². The number of benzene rings is 1. The molecule has 1 aromatic heterocycles. The second-order valence-electron chi connectivity index (χ2n) is 4.51. The summed E-state index contributed by atoms with van der Waals surface area (Å²) >= 11 is 5.91. The third-order valence-electron chi connectivity index (χ3n) is 3.07. The predicted octanol–water partition coefficient (Wildman–Crippen LogP) is 1.09. The first-order chi connectivity index (χ1) is 9.94. The standard InChI is InChI=1S/C13H16ClN3O3S/c1-17-7-6-15-13(17)4-5-16-21(19,20)11-3-2-10(9-18)12(14)8-11/h2-3,6-8,16,18H,4-5,9H2,1H3. The summed E-state index contributed by atoms with van der Waals surface area (Å²) < 4.78 is 28.6. The number of aryl methyl sites for hydroxylation is 1. The Hall–Kier alpha value is -1.41. The summed E-state index contributed by atoms with van der Waals surface area (Å²) in [5.74, 6) is 0.798. The molecule has 0 atom stereocenters. The molecule has 2 N–H and O–H groups in total. The highest BCUT2D eigenvalue weighted by Gasteiger charge is 2.15. The Bertz CT molecular complexity index is 728. The fourth-order valence-electron chi connectivity index (χ4n) is 1.84. The molecule has 0 unspecified atom stereocenters. The number of aliphatic hydroxyl groups excluding tert-OH is 1. The van der Waals surface area contributed by atoms with E-state index in [9.17, 15) is 8.42 Å². The lowest BCUT2D eigenvalue weighted by atomic mass is 10.2. The van der Waals surface area contributed by atoms with Gasteiger partial charge in [0.2, 0.25) is 10.0 Å². The number of rotatable bonds is 6. The Balaban J connectivity index is 2.05. The maximum atomic E-state index is 12.1. The van der Waals surface area contributed by atoms with Gasteiger partial charge in [0.05, 0.1) is 11.5 Å². The Morgan fingerprint density at radius 1 is 1.43 bits per heavy atom. The normalized spacial score (nSPS) is 11.8. The van der Waals surface area contributed by atoms with E-state index < -0.39 is 10.0 Å². The molecule has 0 saturated carbocycles. The quantitative estimate of drug-likeness (QED) is 0.830. The maximum Gasteiger partial charge on any atom is 0.240 e. The van der Waals surface area contributed by atoms with Gasteiger partial charge in [-0.15, -0.1) is 0 Å². The van der Waals surface area contributed by atoms with E-state index in [0.717, 1.165) is 5.82 Å². The zero-order valence-electron chi connectivity index (χ0n) is 11.5. The molecule has 6 nitrogen and oxygen atoms in total. The number of sulfonamides is 1. The van der Waals surface area contributed by atoms with Crippen LogP contribution in [-0.2, 0) is 30.1 Å². The molecule has 0 amide bonds. The number of aliphatic hydroxyl groups is 1. The van der Waals surface area contributed by atoms with Gasteiger partial charge < -0.3 is 9.67 Å². The molecular formula is C13H16ClN3O3S. The molecule has 0 fully saturated rings. The lowest BCUT2D eigenvalue weighted by molar-refractivity contribution is 0.282. The number of imidazole rings is 1. The van der Waals surface area contributed by atoms with E-state index in [4.69, 9.17) is 16.7 Å². The zero-order valence-corrected chi connectivity index (χ0v) is 13.0. The van der Waals surface area contributed by atoms with Crippen molar-refractivity contribution in [3.8, 4) is 0 Å². The van der Waals surface area contributed by atoms with E-state index in [-0.39, 0.29) is 23.1 Å². The Morgan fingerprint density at radius 3 is 2.76 bits per heavy atom. The van der Waals surface area contributed by atoms with E-state index in [1.807, 2.05) is 11.6 Å². The van der Waals surface area contributed by atoms with Crippen LogP contribution in [0, 0.1) is 0 Å². The van der Waals surface area contributed by atoms with Crippen LogP contribution in [0.15, 0.2) is 35.5 Å². The van der Waals surface area contributed by atoms with E-state index in [1.54, 1.807) is 12.4 Å². The first kappa shape index (κ1) is 16.0. The van der Waals surface area contributed by atoms with Gasteiger partial charge in [-0.1, -0.05) is 17.7 Å². The third kappa shape index (κ3) is 3.82. The van der Waals surface area contributed by atoms with Gasteiger partial charge in [-0.25, -0.2) is 18.1 Å². The van der Waals surface area contributed by atoms with Crippen molar-refractivity contribution in [3.05, 3.63) is 47.0 Å². The van der Waals surface area contributed by atoms with Crippen molar-refractivity contribution in [2.75, 3.05) is 6.54 Å². The largest absolute Gasteiger partial charge is 0.392 e. The van der Waals surface area contributed by atoms with Gasteiger partial charge in [0, 0.05) is 37.4 Å². The molecule has 1 aromatic carbocycles. The monoisotopic (exact) mass is 329 g/mol. The van der Waals surface area contributed by atoms with Crippen LogP contribution in [-0.4, -0.2) is 29.6 Å². The van der Waals surface area contributed by atoms with Crippen molar-refractivity contribution in [2.24, 2.45) is 7.05 Å². The average molecular weight is 330 g/mol. The van der Waals surface area contributed by atoms with Gasteiger partial charge in [-0.3, -0.25) is 0 Å². The lowest BCUT2D eigenvalue weighted by Gasteiger charge is -2.08. The van der Waals surface area contributed by atoms with Gasteiger partial charge in [-0.2, -0.15) is 0 Å². The summed E-state index contributed by atoms with van der Waals surface area (Å²) in [5.41, 5.74) is 0.489. The number of hydrogen-bond donors (Lipinski definition) is 2. The molecule has 0 spiro atoms. The van der Waals surface area contributed by atoms with Crippen LogP contribution < -0.4 is 4.72 Å². The van der Waals surface area contributed by atoms with E-state index >= 15 is 0 Å². The van der Waals surface area contributed by atoms with Crippen molar-refractivity contribution in [3.63, 3.8) is 0 Å². The van der Waals surface area contributed by atoms with Gasteiger partial charge in [0.15, 0.2) is 0 Å². The molecule has 1 heterocycles. The molecule has 2 aromatic rings. The number of hydrogen-bond acceptors (Lipinski definition) is 4. The summed E-state index contributed by atoms with van der Waals surface area (Å²) in [6.07, 6.45) is 3.96. The number of nitrogens with one attached hydrogen (secondary N) is 1. The van der Waals surface area contributed by atoms with E-state index in [2.05, 4.69) is 9.71 Å². The molecular weight excluding hydrogens is 314 g/mol. The van der Waals surface area contributed by atoms with Crippen LogP contribution >= 0.6 is 11.6 Å². The van der Waals surface area contributed by atoms with Crippen molar-refractivity contribution in [1.29, 1.82) is 0 Å². The van der Waals surface area contributed by atoms with Gasteiger partial charge in [-0.05, 0) is 17.7 Å². The maximum absolute atomic E-state index is 12.1. The summed E-state index contributed by atoms with van der Waals surface area (Å²) in [6.45, 7) is 0.0122. The molecule has 2 rings (SSSR count). The molecule has 0 aliphatic heterocycles. The molecule has 21 heavy (non-hydrogen) atoms. The zero-order chi connectivity index (χ0) is 15.5.